The zero-order chi connectivity index (χ0) is 12.4. The summed E-state index contributed by atoms with van der Waals surface area (Å²) in [6, 6.07) is 5.14. The van der Waals surface area contributed by atoms with Gasteiger partial charge in [0, 0.05) is 5.69 Å². The molecule has 2 aromatic rings. The summed E-state index contributed by atoms with van der Waals surface area (Å²) in [5.41, 5.74) is 6.79. The number of nitrogens with one attached hydrogen (secondary N) is 1. The van der Waals surface area contributed by atoms with E-state index in [4.69, 9.17) is 22.1 Å². The van der Waals surface area contributed by atoms with Crippen LogP contribution in [0, 0.1) is 6.92 Å². The molecule has 17 heavy (non-hydrogen) atoms. The summed E-state index contributed by atoms with van der Waals surface area (Å²) in [5, 5.41) is -0.0815. The van der Waals surface area contributed by atoms with Gasteiger partial charge in [0.15, 0.2) is 5.02 Å². The van der Waals surface area contributed by atoms with Crippen molar-refractivity contribution in [3.05, 3.63) is 45.5 Å². The Balaban J connectivity index is 2.35. The number of anilines is 1. The predicted octanol–water partition coefficient (Wildman–Crippen LogP) is 2.11. The van der Waals surface area contributed by atoms with E-state index < -0.39 is 5.56 Å². The molecule has 0 aliphatic carbocycles. The van der Waals surface area contributed by atoms with E-state index >= 15 is 0 Å². The maximum absolute atomic E-state index is 11.2. The molecule has 5 nitrogen and oxygen atoms in total. The van der Waals surface area contributed by atoms with Gasteiger partial charge in [-0.2, -0.15) is 0 Å². The van der Waals surface area contributed by atoms with Gasteiger partial charge in [-0.05, 0) is 30.7 Å². The molecule has 0 fully saturated rings. The number of aromatic nitrogens is 2. The Morgan fingerprint density at radius 3 is 2.94 bits per heavy atom. The number of hydrogen-bond acceptors (Lipinski definition) is 4. The van der Waals surface area contributed by atoms with Crippen LogP contribution < -0.4 is 16.0 Å². The van der Waals surface area contributed by atoms with Gasteiger partial charge in [0.1, 0.15) is 5.75 Å². The zero-order valence-electron chi connectivity index (χ0n) is 9.03. The number of hydrogen-bond donors (Lipinski definition) is 2. The number of halogens is 1. The highest BCUT2D eigenvalue weighted by Crippen LogP contribution is 2.26. The Morgan fingerprint density at radius 1 is 1.47 bits per heavy atom. The van der Waals surface area contributed by atoms with Gasteiger partial charge in [0.2, 0.25) is 5.88 Å². The molecule has 0 radical (unpaired) electrons. The number of aromatic amines is 1. The van der Waals surface area contributed by atoms with Crippen LogP contribution in [0.1, 0.15) is 5.56 Å². The fourth-order valence-corrected chi connectivity index (χ4v) is 1.40. The number of H-pyrrole nitrogens is 1. The number of nitrogen functional groups attached to an aromatic ring is 1. The third kappa shape index (κ3) is 2.39. The van der Waals surface area contributed by atoms with Crippen molar-refractivity contribution in [1.82, 2.24) is 9.97 Å². The molecule has 0 aliphatic heterocycles. The molecule has 0 saturated carbocycles. The molecule has 88 valence electrons. The molecule has 6 heteroatoms. The molecule has 1 aromatic carbocycles. The third-order valence-corrected chi connectivity index (χ3v) is 2.55. The summed E-state index contributed by atoms with van der Waals surface area (Å²) < 4.78 is 5.41. The number of rotatable bonds is 2. The fraction of sp³-hybridized carbons (Fsp3) is 0.0909. The van der Waals surface area contributed by atoms with E-state index in [9.17, 15) is 4.79 Å². The summed E-state index contributed by atoms with van der Waals surface area (Å²) in [6.07, 6.45) is 1.23. The van der Waals surface area contributed by atoms with E-state index in [-0.39, 0.29) is 10.9 Å². The van der Waals surface area contributed by atoms with Gasteiger partial charge >= 0.3 is 0 Å². The molecular formula is C11H10ClN3O2. The van der Waals surface area contributed by atoms with Gasteiger partial charge in [-0.15, -0.1) is 0 Å². The van der Waals surface area contributed by atoms with Crippen molar-refractivity contribution in [1.29, 1.82) is 0 Å². The minimum atomic E-state index is -0.441. The van der Waals surface area contributed by atoms with Crippen molar-refractivity contribution >= 4 is 17.3 Å². The van der Waals surface area contributed by atoms with Crippen LogP contribution in [-0.4, -0.2) is 9.97 Å². The van der Waals surface area contributed by atoms with Gasteiger partial charge in [0.25, 0.3) is 5.56 Å². The van der Waals surface area contributed by atoms with Gasteiger partial charge in [-0.3, -0.25) is 4.79 Å². The lowest BCUT2D eigenvalue weighted by Crippen LogP contribution is -2.07. The molecule has 3 N–H and O–H groups in total. The van der Waals surface area contributed by atoms with Crippen molar-refractivity contribution in [3.63, 3.8) is 0 Å². The molecule has 1 aromatic heterocycles. The van der Waals surface area contributed by atoms with Gasteiger partial charge in [-0.25, -0.2) is 4.98 Å². The smallest absolute Gasteiger partial charge is 0.273 e. The van der Waals surface area contributed by atoms with Gasteiger partial charge < -0.3 is 15.5 Å². The highest BCUT2D eigenvalue weighted by atomic mass is 35.5. The average molecular weight is 252 g/mol. The molecule has 0 spiro atoms. The minimum absolute atomic E-state index is 0.0691. The zero-order valence-corrected chi connectivity index (χ0v) is 9.78. The third-order valence-electron chi connectivity index (χ3n) is 2.22. The van der Waals surface area contributed by atoms with E-state index in [1.54, 1.807) is 18.2 Å². The largest absolute Gasteiger partial charge is 0.437 e. The van der Waals surface area contributed by atoms with Crippen LogP contribution in [0.4, 0.5) is 5.69 Å². The quantitative estimate of drug-likeness (QED) is 0.801. The van der Waals surface area contributed by atoms with Crippen LogP contribution in [0.3, 0.4) is 0 Å². The molecule has 0 aliphatic rings. The summed E-state index contributed by atoms with van der Waals surface area (Å²) >= 11 is 5.76. The summed E-state index contributed by atoms with van der Waals surface area (Å²) in [5.74, 6) is 0.594. The molecular weight excluding hydrogens is 242 g/mol. The fourth-order valence-electron chi connectivity index (χ4n) is 1.26. The Hall–Kier alpha value is -2.01. The van der Waals surface area contributed by atoms with Crippen LogP contribution in [0.5, 0.6) is 11.6 Å². The molecule has 2 rings (SSSR count). The second-order valence-electron chi connectivity index (χ2n) is 3.47. The van der Waals surface area contributed by atoms with Gasteiger partial charge in [-0.1, -0.05) is 11.6 Å². The van der Waals surface area contributed by atoms with Crippen molar-refractivity contribution in [3.8, 4) is 11.6 Å². The van der Waals surface area contributed by atoms with Crippen molar-refractivity contribution in [2.45, 2.75) is 6.92 Å². The lowest BCUT2D eigenvalue weighted by atomic mass is 10.2. The Kier molecular flexibility index (Phi) is 3.01. The monoisotopic (exact) mass is 251 g/mol. The average Bonchev–Trinajstić information content (AvgIpc) is 2.30. The number of nitrogens with zero attached hydrogens (tertiary/aromatic N) is 1. The number of benzene rings is 1. The standard InChI is InChI=1S/C11H10ClN3O2/c1-6-4-7(2-3-8(6)13)17-11-9(12)10(16)14-5-15-11/h2-5H,13H2,1H3,(H,14,15,16). The topological polar surface area (TPSA) is 81.0 Å². The van der Waals surface area contributed by atoms with E-state index in [2.05, 4.69) is 9.97 Å². The van der Waals surface area contributed by atoms with Crippen LogP contribution >= 0.6 is 11.6 Å². The Morgan fingerprint density at radius 2 is 2.24 bits per heavy atom. The van der Waals surface area contributed by atoms with Crippen molar-refractivity contribution in [2.75, 3.05) is 5.73 Å². The first-order chi connectivity index (χ1) is 8.08. The number of ether oxygens (including phenoxy) is 1. The second kappa shape index (κ2) is 4.47. The highest BCUT2D eigenvalue weighted by molar-refractivity contribution is 6.31. The number of aryl methyl sites for hydroxylation is 1. The van der Waals surface area contributed by atoms with Crippen LogP contribution in [0.25, 0.3) is 0 Å². The lowest BCUT2D eigenvalue weighted by molar-refractivity contribution is 0.460. The summed E-state index contributed by atoms with van der Waals surface area (Å²) in [4.78, 5) is 17.4. The second-order valence-corrected chi connectivity index (χ2v) is 3.85. The molecule has 0 unspecified atom stereocenters. The SMILES string of the molecule is Cc1cc(Oc2nc[nH]c(=O)c2Cl)ccc1N. The van der Waals surface area contributed by atoms with Crippen LogP contribution in [0.2, 0.25) is 5.02 Å². The van der Waals surface area contributed by atoms with E-state index in [1.807, 2.05) is 6.92 Å². The highest BCUT2D eigenvalue weighted by Gasteiger charge is 2.08. The normalized spacial score (nSPS) is 10.2. The van der Waals surface area contributed by atoms with Crippen LogP contribution in [0.15, 0.2) is 29.3 Å². The maximum Gasteiger partial charge on any atom is 0.273 e. The predicted molar refractivity (Wildman–Crippen MR) is 65.5 cm³/mol. The number of nitrogens with two attached hydrogens (primary N) is 1. The molecule has 0 amide bonds. The van der Waals surface area contributed by atoms with Crippen LogP contribution in [-0.2, 0) is 0 Å². The first-order valence-corrected chi connectivity index (χ1v) is 5.23. The molecule has 0 saturated heterocycles. The van der Waals surface area contributed by atoms with Gasteiger partial charge in [0.05, 0.1) is 6.33 Å². The maximum atomic E-state index is 11.2. The van der Waals surface area contributed by atoms with Crippen molar-refractivity contribution in [2.24, 2.45) is 0 Å². The van der Waals surface area contributed by atoms with E-state index in [0.717, 1.165) is 5.56 Å². The molecule has 0 bridgehead atoms. The minimum Gasteiger partial charge on any atom is -0.437 e. The summed E-state index contributed by atoms with van der Waals surface area (Å²) in [6.45, 7) is 1.86. The van der Waals surface area contributed by atoms with E-state index in [0.29, 0.717) is 11.4 Å². The molecule has 1 heterocycles. The lowest BCUT2D eigenvalue weighted by Gasteiger charge is -2.07. The summed E-state index contributed by atoms with van der Waals surface area (Å²) in [7, 11) is 0. The Labute approximate surface area is 102 Å². The Bertz CT molecular complexity index is 610. The first-order valence-electron chi connectivity index (χ1n) is 4.85. The first kappa shape index (κ1) is 11.5. The van der Waals surface area contributed by atoms with E-state index in [1.165, 1.54) is 6.33 Å². The molecule has 0 atom stereocenters. The van der Waals surface area contributed by atoms with Crippen molar-refractivity contribution < 1.29 is 4.74 Å².